The van der Waals surface area contributed by atoms with E-state index >= 15 is 0 Å². The summed E-state index contributed by atoms with van der Waals surface area (Å²) in [6.07, 6.45) is 2.64. The van der Waals surface area contributed by atoms with Crippen LogP contribution in [-0.4, -0.2) is 48.6 Å². The molecule has 23 heavy (non-hydrogen) atoms. The number of ether oxygens (including phenoxy) is 1. The number of hydrogen-bond acceptors (Lipinski definition) is 3. The van der Waals surface area contributed by atoms with Gasteiger partial charge in [-0.25, -0.2) is 4.79 Å². The molecule has 1 aromatic rings. The summed E-state index contributed by atoms with van der Waals surface area (Å²) in [6, 6.07) is 7.94. The molecule has 2 aliphatic rings. The Labute approximate surface area is 136 Å². The van der Waals surface area contributed by atoms with Crippen molar-refractivity contribution in [2.45, 2.75) is 38.3 Å². The van der Waals surface area contributed by atoms with Crippen molar-refractivity contribution < 1.29 is 14.3 Å². The highest BCUT2D eigenvalue weighted by molar-refractivity contribution is 5.75. The van der Waals surface area contributed by atoms with Gasteiger partial charge in [-0.15, -0.1) is 0 Å². The Balaban J connectivity index is 1.46. The maximum atomic E-state index is 12.3. The second-order valence-corrected chi connectivity index (χ2v) is 6.22. The summed E-state index contributed by atoms with van der Waals surface area (Å²) < 4.78 is 5.83. The second kappa shape index (κ2) is 6.89. The van der Waals surface area contributed by atoms with E-state index in [0.29, 0.717) is 13.1 Å². The molecule has 1 aromatic carbocycles. The van der Waals surface area contributed by atoms with Crippen LogP contribution >= 0.6 is 0 Å². The molecule has 0 aliphatic carbocycles. The van der Waals surface area contributed by atoms with Gasteiger partial charge >= 0.3 is 6.03 Å². The lowest BCUT2D eigenvalue weighted by Gasteiger charge is -2.33. The van der Waals surface area contributed by atoms with Crippen LogP contribution in [0.5, 0.6) is 5.75 Å². The molecule has 2 N–H and O–H groups in total. The summed E-state index contributed by atoms with van der Waals surface area (Å²) in [6.45, 7) is 3.30. The van der Waals surface area contributed by atoms with Crippen LogP contribution in [0.3, 0.4) is 0 Å². The first-order valence-corrected chi connectivity index (χ1v) is 8.16. The minimum Gasteiger partial charge on any atom is -0.488 e. The molecule has 2 atom stereocenters. The van der Waals surface area contributed by atoms with Crippen LogP contribution in [-0.2, 0) is 11.2 Å². The smallest absolute Gasteiger partial charge is 0.317 e. The SMILES string of the molecule is CC(=O)N[C@@H]1CCCN(C(=O)NC[C@@H]2Cc3ccccc3O2)C1. The summed E-state index contributed by atoms with van der Waals surface area (Å²) >= 11 is 0. The van der Waals surface area contributed by atoms with E-state index in [0.717, 1.165) is 31.6 Å². The molecule has 0 bridgehead atoms. The Bertz CT molecular complexity index is 565. The molecule has 0 aromatic heterocycles. The third kappa shape index (κ3) is 3.94. The number of piperidine rings is 1. The van der Waals surface area contributed by atoms with Crippen LogP contribution in [0.25, 0.3) is 0 Å². The van der Waals surface area contributed by atoms with E-state index in [4.69, 9.17) is 4.74 Å². The van der Waals surface area contributed by atoms with Crippen LogP contribution in [0.1, 0.15) is 25.3 Å². The van der Waals surface area contributed by atoms with Crippen molar-refractivity contribution in [2.75, 3.05) is 19.6 Å². The normalized spacial score (nSPS) is 22.9. The molecule has 0 unspecified atom stereocenters. The lowest BCUT2D eigenvalue weighted by molar-refractivity contribution is -0.119. The van der Waals surface area contributed by atoms with Crippen molar-refractivity contribution in [3.05, 3.63) is 29.8 Å². The van der Waals surface area contributed by atoms with Crippen molar-refractivity contribution in [3.8, 4) is 5.75 Å². The van der Waals surface area contributed by atoms with Gasteiger partial charge in [-0.1, -0.05) is 18.2 Å². The number of likely N-dealkylation sites (tertiary alicyclic amines) is 1. The van der Waals surface area contributed by atoms with Crippen molar-refractivity contribution in [1.29, 1.82) is 0 Å². The number of rotatable bonds is 3. The van der Waals surface area contributed by atoms with Crippen molar-refractivity contribution in [2.24, 2.45) is 0 Å². The average molecular weight is 317 g/mol. The van der Waals surface area contributed by atoms with Crippen molar-refractivity contribution in [3.63, 3.8) is 0 Å². The van der Waals surface area contributed by atoms with Crippen LogP contribution in [0.15, 0.2) is 24.3 Å². The maximum Gasteiger partial charge on any atom is 0.317 e. The van der Waals surface area contributed by atoms with E-state index in [1.807, 2.05) is 18.2 Å². The number of carbonyl (C=O) groups excluding carboxylic acids is 2. The highest BCUT2D eigenvalue weighted by Crippen LogP contribution is 2.27. The van der Waals surface area contributed by atoms with E-state index in [9.17, 15) is 9.59 Å². The third-order valence-corrected chi connectivity index (χ3v) is 4.31. The highest BCUT2D eigenvalue weighted by atomic mass is 16.5. The van der Waals surface area contributed by atoms with Gasteiger partial charge in [0, 0.05) is 32.5 Å². The predicted octanol–water partition coefficient (Wildman–Crippen LogP) is 1.30. The van der Waals surface area contributed by atoms with Gasteiger partial charge < -0.3 is 20.3 Å². The van der Waals surface area contributed by atoms with Gasteiger partial charge in [0.2, 0.25) is 5.91 Å². The summed E-state index contributed by atoms with van der Waals surface area (Å²) in [5.74, 6) is 0.866. The Kier molecular flexibility index (Phi) is 4.69. The zero-order valence-corrected chi connectivity index (χ0v) is 13.4. The molecule has 124 valence electrons. The topological polar surface area (TPSA) is 70.7 Å². The van der Waals surface area contributed by atoms with Gasteiger partial charge in [0.1, 0.15) is 11.9 Å². The number of fused-ring (bicyclic) bond motifs is 1. The number of carbonyl (C=O) groups is 2. The van der Waals surface area contributed by atoms with E-state index < -0.39 is 0 Å². The van der Waals surface area contributed by atoms with Gasteiger partial charge in [-0.2, -0.15) is 0 Å². The van der Waals surface area contributed by atoms with E-state index in [2.05, 4.69) is 16.7 Å². The number of amides is 3. The van der Waals surface area contributed by atoms with Crippen LogP contribution in [0, 0.1) is 0 Å². The second-order valence-electron chi connectivity index (χ2n) is 6.22. The molecular weight excluding hydrogens is 294 g/mol. The zero-order chi connectivity index (χ0) is 16.2. The Morgan fingerprint density at radius 1 is 1.35 bits per heavy atom. The summed E-state index contributed by atoms with van der Waals surface area (Å²) in [5.41, 5.74) is 1.19. The molecule has 1 fully saturated rings. The monoisotopic (exact) mass is 317 g/mol. The Morgan fingerprint density at radius 3 is 2.96 bits per heavy atom. The van der Waals surface area contributed by atoms with Gasteiger partial charge in [-0.3, -0.25) is 4.79 Å². The number of benzene rings is 1. The first-order valence-electron chi connectivity index (χ1n) is 8.16. The summed E-state index contributed by atoms with van der Waals surface area (Å²) in [7, 11) is 0. The van der Waals surface area contributed by atoms with Gasteiger partial charge in [0.25, 0.3) is 0 Å². The van der Waals surface area contributed by atoms with Gasteiger partial charge in [0.15, 0.2) is 0 Å². The summed E-state index contributed by atoms with van der Waals surface area (Å²) in [5, 5.41) is 5.84. The number of hydrogen-bond donors (Lipinski definition) is 2. The van der Waals surface area contributed by atoms with Crippen LogP contribution in [0.2, 0.25) is 0 Å². The quantitative estimate of drug-likeness (QED) is 0.883. The highest BCUT2D eigenvalue weighted by Gasteiger charge is 2.26. The van der Waals surface area contributed by atoms with E-state index in [1.165, 1.54) is 12.5 Å². The largest absolute Gasteiger partial charge is 0.488 e. The molecule has 6 heteroatoms. The molecule has 3 rings (SSSR count). The van der Waals surface area contributed by atoms with Crippen molar-refractivity contribution in [1.82, 2.24) is 15.5 Å². The molecule has 2 aliphatic heterocycles. The van der Waals surface area contributed by atoms with Gasteiger partial charge in [-0.05, 0) is 24.5 Å². The number of para-hydroxylation sites is 1. The molecule has 1 saturated heterocycles. The number of nitrogens with zero attached hydrogens (tertiary/aromatic N) is 1. The lowest BCUT2D eigenvalue weighted by Crippen LogP contribution is -2.52. The van der Waals surface area contributed by atoms with Crippen molar-refractivity contribution >= 4 is 11.9 Å². The maximum absolute atomic E-state index is 12.3. The minimum atomic E-state index is -0.0837. The predicted molar refractivity (Wildman–Crippen MR) is 86.4 cm³/mol. The zero-order valence-electron chi connectivity index (χ0n) is 13.4. The van der Waals surface area contributed by atoms with Crippen LogP contribution in [0.4, 0.5) is 4.79 Å². The molecule has 6 nitrogen and oxygen atoms in total. The first kappa shape index (κ1) is 15.6. The molecule has 0 spiro atoms. The van der Waals surface area contributed by atoms with E-state index in [-0.39, 0.29) is 24.1 Å². The molecule has 0 radical (unpaired) electrons. The molecule has 0 saturated carbocycles. The Hall–Kier alpha value is -2.24. The average Bonchev–Trinajstić information content (AvgIpc) is 2.95. The fraction of sp³-hybridized carbons (Fsp3) is 0.529. The number of urea groups is 1. The molecule has 3 amide bonds. The lowest BCUT2D eigenvalue weighted by atomic mass is 10.1. The first-order chi connectivity index (χ1) is 11.1. The number of nitrogens with one attached hydrogen (secondary N) is 2. The Morgan fingerprint density at radius 2 is 2.17 bits per heavy atom. The summed E-state index contributed by atoms with van der Waals surface area (Å²) in [4.78, 5) is 25.2. The van der Waals surface area contributed by atoms with E-state index in [1.54, 1.807) is 4.90 Å². The standard InChI is InChI=1S/C17H23N3O3/c1-12(21)19-14-6-4-8-20(11-14)17(22)18-10-15-9-13-5-2-3-7-16(13)23-15/h2-3,5,7,14-15H,4,6,8-11H2,1H3,(H,18,22)(H,19,21)/t14-,15+/m1/s1. The fourth-order valence-corrected chi connectivity index (χ4v) is 3.25. The third-order valence-electron chi connectivity index (χ3n) is 4.31. The molecular formula is C17H23N3O3. The minimum absolute atomic E-state index is 0.00715. The van der Waals surface area contributed by atoms with Gasteiger partial charge in [0.05, 0.1) is 6.54 Å². The van der Waals surface area contributed by atoms with Crippen LogP contribution < -0.4 is 15.4 Å². The molecule has 2 heterocycles. The fourth-order valence-electron chi connectivity index (χ4n) is 3.25.